The smallest absolute Gasteiger partial charge is 0.208 e. The first kappa shape index (κ1) is 16.3. The number of rotatable bonds is 7. The normalized spacial score (nSPS) is 10.9. The SMILES string of the molecule is CCCNCc1ccc(Sc2nnc(N(C)C)s2)cc1C. The van der Waals surface area contributed by atoms with Gasteiger partial charge in [0.25, 0.3) is 0 Å². The molecule has 114 valence electrons. The van der Waals surface area contributed by atoms with Gasteiger partial charge in [0.15, 0.2) is 4.34 Å². The second kappa shape index (κ2) is 7.77. The third kappa shape index (κ3) is 4.69. The minimum absolute atomic E-state index is 0.939. The molecule has 1 N–H and O–H groups in total. The van der Waals surface area contributed by atoms with Crippen molar-refractivity contribution < 1.29 is 0 Å². The lowest BCUT2D eigenvalue weighted by Gasteiger charge is -2.08. The molecular formula is C15H22N4S2. The minimum atomic E-state index is 0.939. The van der Waals surface area contributed by atoms with Gasteiger partial charge in [0.1, 0.15) is 0 Å². The first-order valence-corrected chi connectivity index (χ1v) is 8.72. The summed E-state index contributed by atoms with van der Waals surface area (Å²) in [6.45, 7) is 6.35. The molecule has 0 aliphatic heterocycles. The van der Waals surface area contributed by atoms with Crippen molar-refractivity contribution in [2.75, 3.05) is 25.5 Å². The van der Waals surface area contributed by atoms with Gasteiger partial charge in [-0.25, -0.2) is 0 Å². The molecule has 2 aromatic rings. The summed E-state index contributed by atoms with van der Waals surface area (Å²) in [4.78, 5) is 3.20. The average molecular weight is 323 g/mol. The van der Waals surface area contributed by atoms with Crippen molar-refractivity contribution in [1.29, 1.82) is 0 Å². The number of benzene rings is 1. The van der Waals surface area contributed by atoms with Crippen LogP contribution in [0.5, 0.6) is 0 Å². The van der Waals surface area contributed by atoms with Gasteiger partial charge in [0.05, 0.1) is 0 Å². The second-order valence-corrected chi connectivity index (χ2v) is 7.39. The lowest BCUT2D eigenvalue weighted by atomic mass is 10.1. The summed E-state index contributed by atoms with van der Waals surface area (Å²) in [6, 6.07) is 6.59. The lowest BCUT2D eigenvalue weighted by Crippen LogP contribution is -2.14. The summed E-state index contributed by atoms with van der Waals surface area (Å²) in [5.74, 6) is 0. The van der Waals surface area contributed by atoms with Crippen LogP contribution in [0.2, 0.25) is 0 Å². The summed E-state index contributed by atoms with van der Waals surface area (Å²) < 4.78 is 0.981. The summed E-state index contributed by atoms with van der Waals surface area (Å²) in [6.07, 6.45) is 1.16. The highest BCUT2D eigenvalue weighted by molar-refractivity contribution is 8.01. The second-order valence-electron chi connectivity index (χ2n) is 5.11. The van der Waals surface area contributed by atoms with Crippen LogP contribution in [0.3, 0.4) is 0 Å². The number of aromatic nitrogens is 2. The van der Waals surface area contributed by atoms with Crippen LogP contribution in [0.1, 0.15) is 24.5 Å². The lowest BCUT2D eigenvalue weighted by molar-refractivity contribution is 0.673. The molecule has 0 saturated carbocycles. The van der Waals surface area contributed by atoms with E-state index in [-0.39, 0.29) is 0 Å². The molecule has 6 heteroatoms. The topological polar surface area (TPSA) is 41.1 Å². The van der Waals surface area contributed by atoms with E-state index >= 15 is 0 Å². The Morgan fingerprint density at radius 3 is 2.71 bits per heavy atom. The zero-order chi connectivity index (χ0) is 15.2. The quantitative estimate of drug-likeness (QED) is 0.789. The van der Waals surface area contributed by atoms with Crippen LogP contribution in [0.15, 0.2) is 27.4 Å². The molecule has 21 heavy (non-hydrogen) atoms. The molecular weight excluding hydrogens is 300 g/mol. The van der Waals surface area contributed by atoms with Crippen molar-refractivity contribution in [3.63, 3.8) is 0 Å². The fourth-order valence-electron chi connectivity index (χ4n) is 1.86. The van der Waals surface area contributed by atoms with E-state index in [0.29, 0.717) is 0 Å². The van der Waals surface area contributed by atoms with Gasteiger partial charge in [-0.05, 0) is 43.1 Å². The van der Waals surface area contributed by atoms with Crippen LogP contribution < -0.4 is 10.2 Å². The number of aryl methyl sites for hydroxylation is 1. The first-order valence-electron chi connectivity index (χ1n) is 7.09. The predicted molar refractivity (Wildman–Crippen MR) is 91.5 cm³/mol. The summed E-state index contributed by atoms with van der Waals surface area (Å²) in [7, 11) is 3.97. The Balaban J connectivity index is 2.02. The minimum Gasteiger partial charge on any atom is -0.353 e. The van der Waals surface area contributed by atoms with E-state index in [0.717, 1.165) is 29.0 Å². The van der Waals surface area contributed by atoms with Crippen LogP contribution in [-0.2, 0) is 6.54 Å². The fourth-order valence-corrected chi connectivity index (χ4v) is 3.69. The van der Waals surface area contributed by atoms with Crippen molar-refractivity contribution in [2.45, 2.75) is 36.0 Å². The van der Waals surface area contributed by atoms with Crippen LogP contribution in [-0.4, -0.2) is 30.8 Å². The van der Waals surface area contributed by atoms with Gasteiger partial charge in [-0.3, -0.25) is 0 Å². The maximum absolute atomic E-state index is 4.22. The number of anilines is 1. The standard InChI is InChI=1S/C15H22N4S2/c1-5-8-16-10-12-6-7-13(9-11(12)2)20-15-18-17-14(21-15)19(3)4/h6-7,9,16H,5,8,10H2,1-4H3. The molecule has 4 nitrogen and oxygen atoms in total. The number of nitrogens with zero attached hydrogens (tertiary/aromatic N) is 3. The Morgan fingerprint density at radius 2 is 2.10 bits per heavy atom. The van der Waals surface area contributed by atoms with Gasteiger partial charge in [0.2, 0.25) is 5.13 Å². The Hall–Kier alpha value is -1.11. The number of hydrogen-bond donors (Lipinski definition) is 1. The molecule has 0 aliphatic carbocycles. The first-order chi connectivity index (χ1) is 10.1. The predicted octanol–water partition coefficient (Wildman–Crippen LogP) is 3.56. The van der Waals surface area contributed by atoms with Crippen LogP contribution >= 0.6 is 23.1 Å². The van der Waals surface area contributed by atoms with Crippen molar-refractivity contribution in [3.05, 3.63) is 29.3 Å². The highest BCUT2D eigenvalue weighted by atomic mass is 32.2. The summed E-state index contributed by atoms with van der Waals surface area (Å²) in [5.41, 5.74) is 2.68. The Kier molecular flexibility index (Phi) is 6.02. The molecule has 0 fully saturated rings. The van der Waals surface area contributed by atoms with Crippen LogP contribution in [0, 0.1) is 6.92 Å². The van der Waals surface area contributed by atoms with Gasteiger partial charge in [-0.2, -0.15) is 0 Å². The zero-order valence-corrected chi connectivity index (χ0v) is 14.6. The largest absolute Gasteiger partial charge is 0.353 e. The van der Waals surface area contributed by atoms with Gasteiger partial charge in [-0.15, -0.1) is 10.2 Å². The van der Waals surface area contributed by atoms with Crippen molar-refractivity contribution in [2.24, 2.45) is 0 Å². The number of hydrogen-bond acceptors (Lipinski definition) is 6. The van der Waals surface area contributed by atoms with Gasteiger partial charge in [0, 0.05) is 25.5 Å². The van der Waals surface area contributed by atoms with E-state index in [2.05, 4.69) is 47.6 Å². The van der Waals surface area contributed by atoms with Crippen molar-refractivity contribution in [1.82, 2.24) is 15.5 Å². The Labute approximate surface area is 135 Å². The summed E-state index contributed by atoms with van der Waals surface area (Å²) >= 11 is 3.29. The molecule has 0 spiro atoms. The molecule has 0 amide bonds. The highest BCUT2D eigenvalue weighted by Crippen LogP contribution is 2.33. The highest BCUT2D eigenvalue weighted by Gasteiger charge is 2.08. The molecule has 1 aromatic carbocycles. The molecule has 2 rings (SSSR count). The van der Waals surface area contributed by atoms with E-state index in [9.17, 15) is 0 Å². The van der Waals surface area contributed by atoms with Gasteiger partial charge >= 0.3 is 0 Å². The molecule has 0 radical (unpaired) electrons. The Bertz CT molecular complexity index is 581. The van der Waals surface area contributed by atoms with E-state index in [1.54, 1.807) is 23.1 Å². The van der Waals surface area contributed by atoms with Gasteiger partial charge < -0.3 is 10.2 Å². The maximum Gasteiger partial charge on any atom is 0.208 e. The summed E-state index contributed by atoms with van der Waals surface area (Å²) in [5, 5.41) is 12.8. The third-order valence-corrected chi connectivity index (χ3v) is 5.17. The molecule has 0 saturated heterocycles. The van der Waals surface area contributed by atoms with Crippen LogP contribution in [0.25, 0.3) is 0 Å². The third-order valence-electron chi connectivity index (χ3n) is 3.04. The fraction of sp³-hybridized carbons (Fsp3) is 0.467. The van der Waals surface area contributed by atoms with E-state index in [1.807, 2.05) is 19.0 Å². The van der Waals surface area contributed by atoms with E-state index < -0.39 is 0 Å². The van der Waals surface area contributed by atoms with Gasteiger partial charge in [-0.1, -0.05) is 36.1 Å². The monoisotopic (exact) mass is 322 g/mol. The molecule has 1 heterocycles. The van der Waals surface area contributed by atoms with E-state index in [4.69, 9.17) is 0 Å². The molecule has 1 aromatic heterocycles. The van der Waals surface area contributed by atoms with Crippen LogP contribution in [0.4, 0.5) is 5.13 Å². The molecule has 0 bridgehead atoms. The number of nitrogens with one attached hydrogen (secondary N) is 1. The molecule has 0 unspecified atom stereocenters. The molecule has 0 aliphatic rings. The molecule has 0 atom stereocenters. The maximum atomic E-state index is 4.22. The Morgan fingerprint density at radius 1 is 1.29 bits per heavy atom. The van der Waals surface area contributed by atoms with Crippen molar-refractivity contribution >= 4 is 28.2 Å². The zero-order valence-electron chi connectivity index (χ0n) is 13.0. The van der Waals surface area contributed by atoms with Crippen molar-refractivity contribution in [3.8, 4) is 0 Å². The van der Waals surface area contributed by atoms with E-state index in [1.165, 1.54) is 16.0 Å². The average Bonchev–Trinajstić information content (AvgIpc) is 2.90.